The summed E-state index contributed by atoms with van der Waals surface area (Å²) in [4.78, 5) is 7.91. The zero-order chi connectivity index (χ0) is 12.7. The number of H-pyrrole nitrogens is 1. The molecule has 1 aromatic heterocycles. The molecule has 0 aliphatic carbocycles. The van der Waals surface area contributed by atoms with Crippen molar-refractivity contribution in [2.45, 2.75) is 0 Å². The van der Waals surface area contributed by atoms with E-state index in [4.69, 9.17) is 0 Å². The van der Waals surface area contributed by atoms with Gasteiger partial charge < -0.3 is 4.98 Å². The third-order valence-electron chi connectivity index (χ3n) is 2.58. The number of nitrogens with one attached hydrogen (secondary N) is 1. The minimum atomic E-state index is 0.866. The molecule has 0 amide bonds. The highest BCUT2D eigenvalue weighted by atomic mass is 79.9. The van der Waals surface area contributed by atoms with Gasteiger partial charge in [-0.05, 0) is 36.4 Å². The van der Waals surface area contributed by atoms with Crippen LogP contribution in [-0.2, 0) is 0 Å². The standard InChI is InChI=1S/C13H7Br3N2/c14-8-1-2-11-12(6-8)18-13(17-11)7-3-9(15)5-10(16)4-7/h1-6H,(H,17,18). The molecule has 2 aromatic carbocycles. The number of aromatic amines is 1. The van der Waals surface area contributed by atoms with E-state index >= 15 is 0 Å². The number of hydrogen-bond donors (Lipinski definition) is 1. The molecule has 3 aromatic rings. The second-order valence-corrected chi connectivity index (χ2v) is 6.65. The first kappa shape index (κ1) is 12.4. The van der Waals surface area contributed by atoms with E-state index in [1.807, 2.05) is 36.4 Å². The van der Waals surface area contributed by atoms with Crippen LogP contribution in [0.2, 0.25) is 0 Å². The molecule has 90 valence electrons. The molecule has 0 atom stereocenters. The lowest BCUT2D eigenvalue weighted by Crippen LogP contribution is -1.80. The fourth-order valence-electron chi connectivity index (χ4n) is 1.81. The van der Waals surface area contributed by atoms with Gasteiger partial charge in [0, 0.05) is 19.0 Å². The van der Waals surface area contributed by atoms with Gasteiger partial charge in [0.25, 0.3) is 0 Å². The summed E-state index contributed by atoms with van der Waals surface area (Å²) in [6, 6.07) is 12.1. The van der Waals surface area contributed by atoms with Gasteiger partial charge in [0.1, 0.15) is 5.82 Å². The molecule has 1 heterocycles. The van der Waals surface area contributed by atoms with E-state index in [1.54, 1.807) is 0 Å². The molecule has 3 rings (SSSR count). The Hall–Kier alpha value is -0.650. The second kappa shape index (κ2) is 4.79. The zero-order valence-electron chi connectivity index (χ0n) is 9.05. The van der Waals surface area contributed by atoms with E-state index in [2.05, 4.69) is 57.8 Å². The van der Waals surface area contributed by atoms with Crippen LogP contribution < -0.4 is 0 Å². The summed E-state index contributed by atoms with van der Waals surface area (Å²) in [7, 11) is 0. The van der Waals surface area contributed by atoms with Crippen LogP contribution in [0.5, 0.6) is 0 Å². The third kappa shape index (κ3) is 2.39. The summed E-state index contributed by atoms with van der Waals surface area (Å²) in [5.41, 5.74) is 3.03. The maximum Gasteiger partial charge on any atom is 0.138 e. The Morgan fingerprint density at radius 2 is 1.56 bits per heavy atom. The summed E-state index contributed by atoms with van der Waals surface area (Å²) in [6.07, 6.45) is 0. The lowest BCUT2D eigenvalue weighted by atomic mass is 10.2. The molecule has 0 aliphatic rings. The van der Waals surface area contributed by atoms with Crippen LogP contribution in [0.25, 0.3) is 22.4 Å². The van der Waals surface area contributed by atoms with Crippen molar-refractivity contribution in [1.82, 2.24) is 9.97 Å². The maximum atomic E-state index is 4.59. The van der Waals surface area contributed by atoms with Crippen LogP contribution in [0.15, 0.2) is 49.8 Å². The molecule has 18 heavy (non-hydrogen) atoms. The first-order valence-corrected chi connectivity index (χ1v) is 7.61. The molecule has 0 spiro atoms. The fraction of sp³-hybridized carbons (Fsp3) is 0. The van der Waals surface area contributed by atoms with E-state index < -0.39 is 0 Å². The first-order valence-electron chi connectivity index (χ1n) is 5.23. The molecule has 0 radical (unpaired) electrons. The van der Waals surface area contributed by atoms with Crippen molar-refractivity contribution in [3.05, 3.63) is 49.8 Å². The van der Waals surface area contributed by atoms with E-state index in [9.17, 15) is 0 Å². The van der Waals surface area contributed by atoms with Gasteiger partial charge in [-0.25, -0.2) is 4.98 Å². The zero-order valence-corrected chi connectivity index (χ0v) is 13.8. The average molecular weight is 431 g/mol. The molecular formula is C13H7Br3N2. The molecular weight excluding hydrogens is 424 g/mol. The molecule has 0 bridgehead atoms. The van der Waals surface area contributed by atoms with E-state index in [-0.39, 0.29) is 0 Å². The van der Waals surface area contributed by atoms with Crippen LogP contribution in [0, 0.1) is 0 Å². The lowest BCUT2D eigenvalue weighted by Gasteiger charge is -1.99. The molecule has 2 nitrogen and oxygen atoms in total. The minimum absolute atomic E-state index is 0.866. The minimum Gasteiger partial charge on any atom is -0.338 e. The largest absolute Gasteiger partial charge is 0.338 e. The number of fused-ring (bicyclic) bond motifs is 1. The fourth-order valence-corrected chi connectivity index (χ4v) is 3.46. The van der Waals surface area contributed by atoms with E-state index in [0.717, 1.165) is 35.8 Å². The Kier molecular flexibility index (Phi) is 3.30. The monoisotopic (exact) mass is 428 g/mol. The molecule has 5 heteroatoms. The smallest absolute Gasteiger partial charge is 0.138 e. The summed E-state index contributed by atoms with van der Waals surface area (Å²) < 4.78 is 3.09. The van der Waals surface area contributed by atoms with Gasteiger partial charge in [-0.2, -0.15) is 0 Å². The van der Waals surface area contributed by atoms with Gasteiger partial charge in [-0.15, -0.1) is 0 Å². The Balaban J connectivity index is 2.19. The summed E-state index contributed by atoms with van der Waals surface area (Å²) >= 11 is 10.4. The van der Waals surface area contributed by atoms with E-state index in [1.165, 1.54) is 0 Å². The van der Waals surface area contributed by atoms with Crippen LogP contribution >= 0.6 is 47.8 Å². The Morgan fingerprint density at radius 3 is 2.28 bits per heavy atom. The van der Waals surface area contributed by atoms with Gasteiger partial charge in [-0.3, -0.25) is 0 Å². The van der Waals surface area contributed by atoms with Gasteiger partial charge in [-0.1, -0.05) is 47.8 Å². The Bertz CT molecular complexity index is 714. The molecule has 1 N–H and O–H groups in total. The predicted octanol–water partition coefficient (Wildman–Crippen LogP) is 5.52. The highest BCUT2D eigenvalue weighted by molar-refractivity contribution is 9.11. The van der Waals surface area contributed by atoms with Crippen LogP contribution in [-0.4, -0.2) is 9.97 Å². The highest BCUT2D eigenvalue weighted by Gasteiger charge is 2.07. The first-order chi connectivity index (χ1) is 8.61. The van der Waals surface area contributed by atoms with Crippen molar-refractivity contribution < 1.29 is 0 Å². The van der Waals surface area contributed by atoms with Gasteiger partial charge >= 0.3 is 0 Å². The summed E-state index contributed by atoms with van der Waals surface area (Å²) in [5.74, 6) is 0.866. The van der Waals surface area contributed by atoms with Crippen LogP contribution in [0.4, 0.5) is 0 Å². The van der Waals surface area contributed by atoms with E-state index in [0.29, 0.717) is 0 Å². The quantitative estimate of drug-likeness (QED) is 0.541. The molecule has 0 saturated carbocycles. The normalized spacial score (nSPS) is 11.1. The van der Waals surface area contributed by atoms with Crippen molar-refractivity contribution >= 4 is 58.8 Å². The number of imidazole rings is 1. The van der Waals surface area contributed by atoms with Crippen molar-refractivity contribution in [1.29, 1.82) is 0 Å². The Morgan fingerprint density at radius 1 is 0.833 bits per heavy atom. The molecule has 0 saturated heterocycles. The van der Waals surface area contributed by atoms with Gasteiger partial charge in [0.2, 0.25) is 0 Å². The predicted molar refractivity (Wildman–Crippen MR) is 84.6 cm³/mol. The van der Waals surface area contributed by atoms with Crippen molar-refractivity contribution in [3.8, 4) is 11.4 Å². The number of benzene rings is 2. The Labute approximate surface area is 129 Å². The number of rotatable bonds is 1. The van der Waals surface area contributed by atoms with Gasteiger partial charge in [0.15, 0.2) is 0 Å². The number of aromatic nitrogens is 2. The highest BCUT2D eigenvalue weighted by Crippen LogP contribution is 2.28. The average Bonchev–Trinajstić information content (AvgIpc) is 2.70. The van der Waals surface area contributed by atoms with Crippen molar-refractivity contribution in [3.63, 3.8) is 0 Å². The van der Waals surface area contributed by atoms with Crippen LogP contribution in [0.3, 0.4) is 0 Å². The van der Waals surface area contributed by atoms with Gasteiger partial charge in [0.05, 0.1) is 11.0 Å². The third-order valence-corrected chi connectivity index (χ3v) is 3.99. The summed E-state index contributed by atoms with van der Waals surface area (Å²) in [6.45, 7) is 0. The van der Waals surface area contributed by atoms with Crippen LogP contribution in [0.1, 0.15) is 0 Å². The second-order valence-electron chi connectivity index (χ2n) is 3.91. The van der Waals surface area contributed by atoms with Crippen molar-refractivity contribution in [2.75, 3.05) is 0 Å². The summed E-state index contributed by atoms with van der Waals surface area (Å²) in [5, 5.41) is 0. The number of hydrogen-bond acceptors (Lipinski definition) is 1. The topological polar surface area (TPSA) is 28.7 Å². The number of halogens is 3. The molecule has 0 unspecified atom stereocenters. The maximum absolute atomic E-state index is 4.59. The number of nitrogens with zero attached hydrogens (tertiary/aromatic N) is 1. The molecule has 0 fully saturated rings. The SMILES string of the molecule is Brc1cc(Br)cc(-c2nc3ccc(Br)cc3[nH]2)c1. The molecule has 0 aliphatic heterocycles. The lowest BCUT2D eigenvalue weighted by molar-refractivity contribution is 1.33. The van der Waals surface area contributed by atoms with Crippen molar-refractivity contribution in [2.24, 2.45) is 0 Å².